The maximum Gasteiger partial charge on any atom is 0.408 e. The van der Waals surface area contributed by atoms with Gasteiger partial charge in [-0.1, -0.05) is 62.9 Å². The molecule has 0 radical (unpaired) electrons. The first-order valence-corrected chi connectivity index (χ1v) is 13.0. The summed E-state index contributed by atoms with van der Waals surface area (Å²) in [4.78, 5) is 41.9. The van der Waals surface area contributed by atoms with Crippen LogP contribution in [0.3, 0.4) is 0 Å². The minimum absolute atomic E-state index is 0.119. The molecule has 2 rings (SSSR count). The van der Waals surface area contributed by atoms with Gasteiger partial charge in [-0.15, -0.1) is 0 Å². The topological polar surface area (TPSA) is 87.7 Å². The largest absolute Gasteiger partial charge is 0.444 e. The van der Waals surface area contributed by atoms with E-state index in [9.17, 15) is 14.4 Å². The Morgan fingerprint density at radius 1 is 1.03 bits per heavy atom. The molecule has 0 aliphatic heterocycles. The smallest absolute Gasteiger partial charge is 0.408 e. The van der Waals surface area contributed by atoms with Crippen LogP contribution in [-0.2, 0) is 14.3 Å². The molecule has 1 aliphatic rings. The lowest BCUT2D eigenvalue weighted by Crippen LogP contribution is -2.57. The number of aryl methyl sites for hydroxylation is 1. The van der Waals surface area contributed by atoms with Gasteiger partial charge in [0.05, 0.1) is 0 Å². The van der Waals surface area contributed by atoms with Gasteiger partial charge in [0.15, 0.2) is 0 Å². The second-order valence-electron chi connectivity index (χ2n) is 11.4. The summed E-state index contributed by atoms with van der Waals surface area (Å²) < 4.78 is 5.42. The van der Waals surface area contributed by atoms with Gasteiger partial charge >= 0.3 is 6.09 Å². The standard InChI is InChI=1S/C28H45N3O4/c1-18(2)23(30-27(34)35-28(6,7)8)26(33)31(19(3)4)24(21-14-12-13-20(5)17-21)25(32)29-22-15-10-9-11-16-22/h12-14,17-19,22-24H,9-11,15-16H2,1-8H3,(H,29,32)(H,30,34). The molecule has 1 aliphatic carbocycles. The van der Waals surface area contributed by atoms with Crippen molar-refractivity contribution in [3.8, 4) is 0 Å². The number of nitrogens with one attached hydrogen (secondary N) is 2. The molecular formula is C28H45N3O4. The van der Waals surface area contributed by atoms with Crippen LogP contribution in [0.15, 0.2) is 24.3 Å². The van der Waals surface area contributed by atoms with Crippen LogP contribution >= 0.6 is 0 Å². The molecule has 1 saturated carbocycles. The van der Waals surface area contributed by atoms with Crippen LogP contribution in [0.5, 0.6) is 0 Å². The highest BCUT2D eigenvalue weighted by atomic mass is 16.6. The number of hydrogen-bond donors (Lipinski definition) is 2. The molecule has 1 aromatic rings. The first kappa shape index (κ1) is 28.7. The van der Waals surface area contributed by atoms with Crippen molar-refractivity contribution in [1.82, 2.24) is 15.5 Å². The van der Waals surface area contributed by atoms with E-state index in [0.29, 0.717) is 0 Å². The van der Waals surface area contributed by atoms with Crippen molar-refractivity contribution in [3.63, 3.8) is 0 Å². The van der Waals surface area contributed by atoms with Gasteiger partial charge in [-0.2, -0.15) is 0 Å². The summed E-state index contributed by atoms with van der Waals surface area (Å²) in [5, 5.41) is 5.98. The lowest BCUT2D eigenvalue weighted by Gasteiger charge is -2.39. The highest BCUT2D eigenvalue weighted by Gasteiger charge is 2.39. The zero-order valence-corrected chi connectivity index (χ0v) is 22.8. The average molecular weight is 488 g/mol. The van der Waals surface area contributed by atoms with Crippen LogP contribution in [0.2, 0.25) is 0 Å². The average Bonchev–Trinajstić information content (AvgIpc) is 2.74. The molecular weight excluding hydrogens is 442 g/mol. The van der Waals surface area contributed by atoms with Crippen molar-refractivity contribution < 1.29 is 19.1 Å². The maximum atomic E-state index is 14.0. The van der Waals surface area contributed by atoms with Crippen molar-refractivity contribution in [2.24, 2.45) is 5.92 Å². The number of carbonyl (C=O) groups excluding carboxylic acids is 3. The molecule has 2 unspecified atom stereocenters. The number of benzene rings is 1. The fourth-order valence-corrected chi connectivity index (χ4v) is 4.59. The second-order valence-corrected chi connectivity index (χ2v) is 11.4. The third-order valence-electron chi connectivity index (χ3n) is 6.25. The van der Waals surface area contributed by atoms with Gasteiger partial charge in [0, 0.05) is 12.1 Å². The van der Waals surface area contributed by atoms with E-state index in [1.807, 2.05) is 58.9 Å². The Morgan fingerprint density at radius 2 is 1.66 bits per heavy atom. The molecule has 1 fully saturated rings. The molecule has 0 aromatic heterocycles. The molecule has 35 heavy (non-hydrogen) atoms. The van der Waals surface area contributed by atoms with E-state index in [1.54, 1.807) is 25.7 Å². The van der Waals surface area contributed by atoms with Crippen LogP contribution < -0.4 is 10.6 Å². The molecule has 0 saturated heterocycles. The Kier molecular flexibility index (Phi) is 10.2. The molecule has 3 amide bonds. The minimum atomic E-state index is -0.831. The summed E-state index contributed by atoms with van der Waals surface area (Å²) in [6, 6.07) is 5.95. The summed E-state index contributed by atoms with van der Waals surface area (Å²) in [5.74, 6) is -0.675. The van der Waals surface area contributed by atoms with Crippen molar-refractivity contribution in [2.45, 2.75) is 117 Å². The fraction of sp³-hybridized carbons (Fsp3) is 0.679. The first-order valence-electron chi connectivity index (χ1n) is 13.0. The minimum Gasteiger partial charge on any atom is -0.444 e. The highest BCUT2D eigenvalue weighted by Crippen LogP contribution is 2.28. The Balaban J connectivity index is 2.42. The number of ether oxygens (including phenoxy) is 1. The molecule has 0 bridgehead atoms. The fourth-order valence-electron chi connectivity index (χ4n) is 4.59. The lowest BCUT2D eigenvalue weighted by molar-refractivity contribution is -0.145. The van der Waals surface area contributed by atoms with E-state index in [0.717, 1.165) is 36.8 Å². The monoisotopic (exact) mass is 487 g/mol. The van der Waals surface area contributed by atoms with Gasteiger partial charge in [0.25, 0.3) is 0 Å². The van der Waals surface area contributed by atoms with Gasteiger partial charge in [0.1, 0.15) is 17.7 Å². The van der Waals surface area contributed by atoms with Gasteiger partial charge in [0.2, 0.25) is 11.8 Å². The van der Waals surface area contributed by atoms with E-state index >= 15 is 0 Å². The van der Waals surface area contributed by atoms with Crippen molar-refractivity contribution >= 4 is 17.9 Å². The van der Waals surface area contributed by atoms with Gasteiger partial charge in [-0.25, -0.2) is 4.79 Å². The van der Waals surface area contributed by atoms with Gasteiger partial charge in [-0.05, 0) is 65.9 Å². The molecule has 7 heteroatoms. The van der Waals surface area contributed by atoms with Crippen LogP contribution in [0.25, 0.3) is 0 Å². The van der Waals surface area contributed by atoms with E-state index < -0.39 is 23.8 Å². The number of alkyl carbamates (subject to hydrolysis) is 1. The summed E-state index contributed by atoms with van der Waals surface area (Å²) in [6.07, 6.45) is 4.65. The number of nitrogens with zero attached hydrogens (tertiary/aromatic N) is 1. The predicted octanol–water partition coefficient (Wildman–Crippen LogP) is 5.27. The second kappa shape index (κ2) is 12.4. The molecule has 2 atom stereocenters. The van der Waals surface area contributed by atoms with Crippen LogP contribution in [0, 0.1) is 12.8 Å². The molecule has 196 valence electrons. The Labute approximate surface area is 211 Å². The Morgan fingerprint density at radius 3 is 2.17 bits per heavy atom. The third kappa shape index (κ3) is 8.55. The molecule has 0 heterocycles. The van der Waals surface area contributed by atoms with Crippen molar-refractivity contribution in [3.05, 3.63) is 35.4 Å². The number of rotatable bonds is 8. The molecule has 1 aromatic carbocycles. The zero-order valence-electron chi connectivity index (χ0n) is 22.8. The van der Waals surface area contributed by atoms with E-state index in [-0.39, 0.29) is 29.8 Å². The van der Waals surface area contributed by atoms with Crippen LogP contribution in [0.1, 0.15) is 97.7 Å². The molecule has 2 N–H and O–H groups in total. The highest BCUT2D eigenvalue weighted by molar-refractivity contribution is 5.92. The van der Waals surface area contributed by atoms with Gasteiger partial charge in [-0.3, -0.25) is 9.59 Å². The number of amides is 3. The molecule has 7 nitrogen and oxygen atoms in total. The van der Waals surface area contributed by atoms with E-state index in [4.69, 9.17) is 4.74 Å². The Hall–Kier alpha value is -2.57. The Bertz CT molecular complexity index is 869. The normalized spacial score (nSPS) is 16.5. The zero-order chi connectivity index (χ0) is 26.3. The number of carbonyl (C=O) groups is 3. The SMILES string of the molecule is Cc1cccc(C(C(=O)NC2CCCCC2)N(C(=O)C(NC(=O)OC(C)(C)C)C(C)C)C(C)C)c1. The van der Waals surface area contributed by atoms with Crippen molar-refractivity contribution in [2.75, 3.05) is 0 Å². The van der Waals surface area contributed by atoms with Crippen molar-refractivity contribution in [1.29, 1.82) is 0 Å². The number of hydrogen-bond acceptors (Lipinski definition) is 4. The summed E-state index contributed by atoms with van der Waals surface area (Å²) >= 11 is 0. The van der Waals surface area contributed by atoms with E-state index in [2.05, 4.69) is 10.6 Å². The maximum absolute atomic E-state index is 14.0. The molecule has 0 spiro atoms. The first-order chi connectivity index (χ1) is 16.3. The van der Waals surface area contributed by atoms with Crippen LogP contribution in [0.4, 0.5) is 4.79 Å². The quantitative estimate of drug-likeness (QED) is 0.523. The van der Waals surface area contributed by atoms with Gasteiger partial charge < -0.3 is 20.3 Å². The van der Waals surface area contributed by atoms with E-state index in [1.165, 1.54) is 6.42 Å². The lowest BCUT2D eigenvalue weighted by atomic mass is 9.93. The van der Waals surface area contributed by atoms with Crippen LogP contribution in [-0.4, -0.2) is 46.5 Å². The third-order valence-corrected chi connectivity index (χ3v) is 6.25. The summed E-state index contributed by atoms with van der Waals surface area (Å²) in [5.41, 5.74) is 1.10. The summed E-state index contributed by atoms with van der Waals surface area (Å²) in [6.45, 7) is 14.9. The predicted molar refractivity (Wildman–Crippen MR) is 139 cm³/mol. The summed E-state index contributed by atoms with van der Waals surface area (Å²) in [7, 11) is 0.